The van der Waals surface area contributed by atoms with E-state index in [1.54, 1.807) is 0 Å². The lowest BCUT2D eigenvalue weighted by Gasteiger charge is -2.38. The summed E-state index contributed by atoms with van der Waals surface area (Å²) >= 11 is 0. The summed E-state index contributed by atoms with van der Waals surface area (Å²) in [4.78, 5) is 0. The molecular formula is C18H34O. The Morgan fingerprint density at radius 1 is 0.895 bits per heavy atom. The summed E-state index contributed by atoms with van der Waals surface area (Å²) in [5.74, 6) is 3.07. The van der Waals surface area contributed by atoms with Crippen molar-refractivity contribution in [3.05, 3.63) is 0 Å². The molecule has 112 valence electrons. The lowest BCUT2D eigenvalue weighted by atomic mass is 9.70. The molecule has 0 bridgehead atoms. The number of unbranched alkanes of at least 4 members (excludes halogenated alkanes) is 2. The Kier molecular flexibility index (Phi) is 6.70. The second-order valence-electron chi connectivity index (χ2n) is 7.06. The zero-order chi connectivity index (χ0) is 13.5. The largest absolute Gasteiger partial charge is 0.381 e. The second kappa shape index (κ2) is 8.29. The first-order valence-corrected chi connectivity index (χ1v) is 8.86. The van der Waals surface area contributed by atoms with E-state index in [1.807, 2.05) is 7.11 Å². The number of hydrogen-bond donors (Lipinski definition) is 0. The van der Waals surface area contributed by atoms with E-state index in [0.29, 0.717) is 6.10 Å². The van der Waals surface area contributed by atoms with Crippen LogP contribution in [0.4, 0.5) is 0 Å². The normalized spacial score (nSPS) is 36.3. The van der Waals surface area contributed by atoms with Crippen LogP contribution in [0.25, 0.3) is 0 Å². The van der Waals surface area contributed by atoms with Crippen molar-refractivity contribution < 1.29 is 4.74 Å². The van der Waals surface area contributed by atoms with Gasteiger partial charge in [-0.15, -0.1) is 0 Å². The maximum atomic E-state index is 5.60. The molecule has 0 heterocycles. The summed E-state index contributed by atoms with van der Waals surface area (Å²) in [5.41, 5.74) is 0. The predicted octanol–water partition coefficient (Wildman–Crippen LogP) is 5.58. The zero-order valence-electron chi connectivity index (χ0n) is 13.2. The maximum absolute atomic E-state index is 5.60. The molecule has 0 spiro atoms. The second-order valence-corrected chi connectivity index (χ2v) is 7.06. The molecular weight excluding hydrogens is 232 g/mol. The van der Waals surface area contributed by atoms with Crippen LogP contribution in [-0.2, 0) is 4.74 Å². The van der Waals surface area contributed by atoms with Crippen molar-refractivity contribution in [3.63, 3.8) is 0 Å². The average Bonchev–Trinajstić information content (AvgIpc) is 2.48. The van der Waals surface area contributed by atoms with Crippen LogP contribution in [0.3, 0.4) is 0 Å². The summed E-state index contributed by atoms with van der Waals surface area (Å²) in [6, 6.07) is 0. The molecule has 2 aliphatic carbocycles. The molecule has 0 aromatic carbocycles. The third kappa shape index (κ3) is 4.77. The van der Waals surface area contributed by atoms with Crippen molar-refractivity contribution in [3.8, 4) is 0 Å². The van der Waals surface area contributed by atoms with Crippen LogP contribution in [0, 0.1) is 17.8 Å². The highest BCUT2D eigenvalue weighted by atomic mass is 16.5. The molecule has 0 aromatic rings. The molecule has 2 fully saturated rings. The first kappa shape index (κ1) is 15.4. The lowest BCUT2D eigenvalue weighted by molar-refractivity contribution is 0.0283. The topological polar surface area (TPSA) is 9.23 Å². The molecule has 2 unspecified atom stereocenters. The lowest BCUT2D eigenvalue weighted by Crippen LogP contribution is -2.29. The van der Waals surface area contributed by atoms with Crippen LogP contribution < -0.4 is 0 Å². The highest BCUT2D eigenvalue weighted by molar-refractivity contribution is 4.82. The SMILES string of the molecule is CCCCCC1CCC(C2CCCC(OC)C2)CC1. The maximum Gasteiger partial charge on any atom is 0.0574 e. The molecule has 0 radical (unpaired) electrons. The number of methoxy groups -OCH3 is 1. The minimum atomic E-state index is 0.570. The molecule has 0 aliphatic heterocycles. The van der Waals surface area contributed by atoms with Gasteiger partial charge in [0.1, 0.15) is 0 Å². The van der Waals surface area contributed by atoms with Crippen molar-refractivity contribution in [2.75, 3.05) is 7.11 Å². The van der Waals surface area contributed by atoms with Crippen LogP contribution in [0.5, 0.6) is 0 Å². The van der Waals surface area contributed by atoms with Gasteiger partial charge in [-0.1, -0.05) is 51.9 Å². The van der Waals surface area contributed by atoms with Crippen molar-refractivity contribution in [2.24, 2.45) is 17.8 Å². The summed E-state index contributed by atoms with van der Waals surface area (Å²) in [5, 5.41) is 0. The summed E-state index contributed by atoms with van der Waals surface area (Å²) in [6.07, 6.45) is 18.0. The number of ether oxygens (including phenoxy) is 1. The molecule has 0 saturated heterocycles. The number of hydrogen-bond acceptors (Lipinski definition) is 1. The molecule has 19 heavy (non-hydrogen) atoms. The first-order valence-electron chi connectivity index (χ1n) is 8.86. The molecule has 2 aliphatic rings. The van der Waals surface area contributed by atoms with E-state index in [4.69, 9.17) is 4.74 Å². The van der Waals surface area contributed by atoms with Crippen LogP contribution in [-0.4, -0.2) is 13.2 Å². The monoisotopic (exact) mass is 266 g/mol. The van der Waals surface area contributed by atoms with Gasteiger partial charge in [0.2, 0.25) is 0 Å². The van der Waals surface area contributed by atoms with Gasteiger partial charge in [0.25, 0.3) is 0 Å². The Balaban J connectivity index is 1.67. The van der Waals surface area contributed by atoms with Crippen LogP contribution >= 0.6 is 0 Å². The van der Waals surface area contributed by atoms with Crippen LogP contribution in [0.15, 0.2) is 0 Å². The molecule has 0 amide bonds. The van der Waals surface area contributed by atoms with E-state index in [2.05, 4.69) is 6.92 Å². The van der Waals surface area contributed by atoms with E-state index in [9.17, 15) is 0 Å². The third-order valence-corrected chi connectivity index (χ3v) is 5.77. The summed E-state index contributed by atoms with van der Waals surface area (Å²) in [6.45, 7) is 2.31. The minimum Gasteiger partial charge on any atom is -0.381 e. The van der Waals surface area contributed by atoms with E-state index >= 15 is 0 Å². The molecule has 1 heteroatoms. The van der Waals surface area contributed by atoms with Gasteiger partial charge in [0, 0.05) is 7.11 Å². The Hall–Kier alpha value is -0.0400. The third-order valence-electron chi connectivity index (χ3n) is 5.77. The number of rotatable bonds is 6. The minimum absolute atomic E-state index is 0.570. The Bertz CT molecular complexity index is 230. The molecule has 0 aromatic heterocycles. The van der Waals surface area contributed by atoms with Crippen molar-refractivity contribution >= 4 is 0 Å². The zero-order valence-corrected chi connectivity index (χ0v) is 13.2. The Labute approximate surface area is 120 Å². The van der Waals surface area contributed by atoms with Gasteiger partial charge in [-0.3, -0.25) is 0 Å². The van der Waals surface area contributed by atoms with Crippen LogP contribution in [0.1, 0.15) is 84.0 Å². The van der Waals surface area contributed by atoms with Crippen molar-refractivity contribution in [2.45, 2.75) is 90.1 Å². The Morgan fingerprint density at radius 3 is 2.37 bits per heavy atom. The van der Waals surface area contributed by atoms with Crippen molar-refractivity contribution in [1.82, 2.24) is 0 Å². The molecule has 1 nitrogen and oxygen atoms in total. The smallest absolute Gasteiger partial charge is 0.0574 e. The first-order chi connectivity index (χ1) is 9.33. The van der Waals surface area contributed by atoms with Gasteiger partial charge >= 0.3 is 0 Å². The molecule has 2 atom stereocenters. The Morgan fingerprint density at radius 2 is 1.68 bits per heavy atom. The highest BCUT2D eigenvalue weighted by Crippen LogP contribution is 2.41. The van der Waals surface area contributed by atoms with Gasteiger partial charge in [-0.2, -0.15) is 0 Å². The molecule has 2 saturated carbocycles. The predicted molar refractivity (Wildman–Crippen MR) is 82.3 cm³/mol. The standard InChI is InChI=1S/C18H34O/c1-3-4-5-7-15-10-12-16(13-11-15)17-8-6-9-18(14-17)19-2/h15-18H,3-14H2,1-2H3. The van der Waals surface area contributed by atoms with E-state index in [-0.39, 0.29) is 0 Å². The van der Waals surface area contributed by atoms with E-state index in [1.165, 1.54) is 77.0 Å². The van der Waals surface area contributed by atoms with Crippen LogP contribution in [0.2, 0.25) is 0 Å². The van der Waals surface area contributed by atoms with Gasteiger partial charge in [0.05, 0.1) is 6.10 Å². The van der Waals surface area contributed by atoms with Gasteiger partial charge in [0.15, 0.2) is 0 Å². The van der Waals surface area contributed by atoms with E-state index in [0.717, 1.165) is 17.8 Å². The molecule has 2 rings (SSSR count). The van der Waals surface area contributed by atoms with E-state index < -0.39 is 0 Å². The average molecular weight is 266 g/mol. The fourth-order valence-electron chi connectivity index (χ4n) is 4.45. The summed E-state index contributed by atoms with van der Waals surface area (Å²) in [7, 11) is 1.90. The fourth-order valence-corrected chi connectivity index (χ4v) is 4.45. The summed E-state index contributed by atoms with van der Waals surface area (Å²) < 4.78 is 5.60. The van der Waals surface area contributed by atoms with Gasteiger partial charge in [-0.05, 0) is 49.9 Å². The fraction of sp³-hybridized carbons (Fsp3) is 1.00. The quantitative estimate of drug-likeness (QED) is 0.570. The molecule has 0 N–H and O–H groups in total. The van der Waals surface area contributed by atoms with Gasteiger partial charge in [-0.25, -0.2) is 0 Å². The van der Waals surface area contributed by atoms with Gasteiger partial charge < -0.3 is 4.74 Å². The highest BCUT2D eigenvalue weighted by Gasteiger charge is 2.31. The van der Waals surface area contributed by atoms with Crippen molar-refractivity contribution in [1.29, 1.82) is 0 Å².